The van der Waals surface area contributed by atoms with Gasteiger partial charge in [0, 0.05) is 44.8 Å². The van der Waals surface area contributed by atoms with Gasteiger partial charge in [0.2, 0.25) is 5.91 Å². The highest BCUT2D eigenvalue weighted by Gasteiger charge is 2.28. The van der Waals surface area contributed by atoms with Gasteiger partial charge in [-0.15, -0.1) is 0 Å². The molecule has 0 spiro atoms. The first-order valence-corrected chi connectivity index (χ1v) is 9.59. The monoisotopic (exact) mass is 370 g/mol. The predicted octanol–water partition coefficient (Wildman–Crippen LogP) is 2.72. The number of methoxy groups -OCH3 is 1. The fourth-order valence-electron chi connectivity index (χ4n) is 3.99. The van der Waals surface area contributed by atoms with Crippen LogP contribution >= 0.6 is 0 Å². The minimum Gasteiger partial charge on any atom is -0.495 e. The summed E-state index contributed by atoms with van der Waals surface area (Å²) in [4.78, 5) is 17.2. The summed E-state index contributed by atoms with van der Waals surface area (Å²) in [6.07, 6.45) is 1.29. The number of amides is 1. The van der Waals surface area contributed by atoms with E-state index in [1.165, 1.54) is 5.56 Å². The number of aromatic nitrogens is 2. The Labute approximate surface area is 161 Å². The number of piperazine rings is 1. The fourth-order valence-corrected chi connectivity index (χ4v) is 3.99. The lowest BCUT2D eigenvalue weighted by atomic mass is 10.1. The minimum atomic E-state index is 0.173. The van der Waals surface area contributed by atoms with Gasteiger partial charge >= 0.3 is 0 Å². The number of nitrogens with zero attached hydrogens (tertiary/aromatic N) is 4. The number of para-hydroxylation sites is 2. The van der Waals surface area contributed by atoms with E-state index in [1.54, 1.807) is 7.11 Å². The second-order valence-electron chi connectivity index (χ2n) is 7.33. The smallest absolute Gasteiger partial charge is 0.223 e. The van der Waals surface area contributed by atoms with E-state index in [9.17, 15) is 4.79 Å². The number of hydrogen-bond donors (Lipinski definition) is 0. The van der Waals surface area contributed by atoms with Crippen LogP contribution in [-0.4, -0.2) is 53.4 Å². The van der Waals surface area contributed by atoms with E-state index in [2.05, 4.69) is 29.9 Å². The Bertz CT molecular complexity index is 815. The highest BCUT2D eigenvalue weighted by Crippen LogP contribution is 2.29. The zero-order valence-corrected chi connectivity index (χ0v) is 17.0. The molecular weight excluding hydrogens is 340 g/mol. The van der Waals surface area contributed by atoms with Crippen molar-refractivity contribution in [2.45, 2.75) is 39.7 Å². The SMILES string of the molecule is COc1ccccc1N1CCN(C(=O)CCc2c(C)nn(C)c2C)C(C)C1. The van der Waals surface area contributed by atoms with Crippen molar-refractivity contribution in [3.63, 3.8) is 0 Å². The summed E-state index contributed by atoms with van der Waals surface area (Å²) in [6, 6.07) is 8.24. The van der Waals surface area contributed by atoms with E-state index < -0.39 is 0 Å². The highest BCUT2D eigenvalue weighted by molar-refractivity contribution is 5.77. The van der Waals surface area contributed by atoms with E-state index >= 15 is 0 Å². The molecule has 1 fully saturated rings. The van der Waals surface area contributed by atoms with Gasteiger partial charge < -0.3 is 14.5 Å². The van der Waals surface area contributed by atoms with Gasteiger partial charge in [0.1, 0.15) is 5.75 Å². The number of rotatable bonds is 5. The maximum Gasteiger partial charge on any atom is 0.223 e. The molecule has 27 heavy (non-hydrogen) atoms. The first-order chi connectivity index (χ1) is 12.9. The molecule has 1 atom stereocenters. The third-order valence-corrected chi connectivity index (χ3v) is 5.62. The Hall–Kier alpha value is -2.50. The third-order valence-electron chi connectivity index (χ3n) is 5.62. The zero-order chi connectivity index (χ0) is 19.6. The van der Waals surface area contributed by atoms with Crippen LogP contribution in [-0.2, 0) is 18.3 Å². The molecule has 1 amide bonds. The van der Waals surface area contributed by atoms with Crippen molar-refractivity contribution in [3.8, 4) is 5.75 Å². The van der Waals surface area contributed by atoms with Crippen molar-refractivity contribution in [2.75, 3.05) is 31.6 Å². The van der Waals surface area contributed by atoms with Gasteiger partial charge in [0.05, 0.1) is 18.5 Å². The van der Waals surface area contributed by atoms with Gasteiger partial charge in [0.15, 0.2) is 0 Å². The molecule has 1 aromatic carbocycles. The number of aryl methyl sites for hydroxylation is 2. The van der Waals surface area contributed by atoms with E-state index in [4.69, 9.17) is 4.74 Å². The summed E-state index contributed by atoms with van der Waals surface area (Å²) in [5.41, 5.74) is 4.47. The summed E-state index contributed by atoms with van der Waals surface area (Å²) in [7, 11) is 3.65. The first-order valence-electron chi connectivity index (χ1n) is 9.59. The zero-order valence-electron chi connectivity index (χ0n) is 17.0. The quantitative estimate of drug-likeness (QED) is 0.812. The van der Waals surface area contributed by atoms with Crippen LogP contribution in [0.15, 0.2) is 24.3 Å². The molecule has 1 aromatic heterocycles. The van der Waals surface area contributed by atoms with E-state index in [-0.39, 0.29) is 11.9 Å². The standard InChI is InChI=1S/C21H30N4O2/c1-15-14-24(19-8-6-7-9-20(19)27-5)12-13-25(15)21(26)11-10-18-16(2)22-23(4)17(18)3/h6-9,15H,10-14H2,1-5H3. The van der Waals surface area contributed by atoms with Crippen LogP contribution < -0.4 is 9.64 Å². The van der Waals surface area contributed by atoms with E-state index in [0.29, 0.717) is 6.42 Å². The summed E-state index contributed by atoms with van der Waals surface area (Å²) in [5.74, 6) is 1.11. The predicted molar refractivity (Wildman–Crippen MR) is 107 cm³/mol. The molecule has 6 nitrogen and oxygen atoms in total. The Morgan fingerprint density at radius 3 is 2.63 bits per heavy atom. The Kier molecular flexibility index (Phi) is 5.73. The second kappa shape index (κ2) is 8.03. The van der Waals surface area contributed by atoms with Crippen LogP contribution in [0.25, 0.3) is 0 Å². The largest absolute Gasteiger partial charge is 0.495 e. The van der Waals surface area contributed by atoms with Gasteiger partial charge in [0.25, 0.3) is 0 Å². The topological polar surface area (TPSA) is 50.6 Å². The molecule has 6 heteroatoms. The molecular formula is C21H30N4O2. The average molecular weight is 370 g/mol. The van der Waals surface area contributed by atoms with Crippen molar-refractivity contribution in [1.82, 2.24) is 14.7 Å². The van der Waals surface area contributed by atoms with Crippen LogP contribution in [0.3, 0.4) is 0 Å². The number of hydrogen-bond acceptors (Lipinski definition) is 4. The lowest BCUT2D eigenvalue weighted by Gasteiger charge is -2.41. The number of ether oxygens (including phenoxy) is 1. The van der Waals surface area contributed by atoms with Gasteiger partial charge in [-0.05, 0) is 44.9 Å². The maximum absolute atomic E-state index is 12.8. The molecule has 1 saturated heterocycles. The first kappa shape index (κ1) is 19.3. The van der Waals surface area contributed by atoms with Gasteiger partial charge in [-0.3, -0.25) is 9.48 Å². The van der Waals surface area contributed by atoms with E-state index in [0.717, 1.165) is 48.9 Å². The molecule has 1 aliphatic rings. The van der Waals surface area contributed by atoms with Crippen LogP contribution in [0, 0.1) is 13.8 Å². The molecule has 0 aliphatic carbocycles. The van der Waals surface area contributed by atoms with Gasteiger partial charge in [-0.2, -0.15) is 5.10 Å². The Morgan fingerprint density at radius 1 is 1.26 bits per heavy atom. The van der Waals surface area contributed by atoms with Crippen molar-refractivity contribution in [2.24, 2.45) is 7.05 Å². The summed E-state index contributed by atoms with van der Waals surface area (Å²) in [5, 5.41) is 4.45. The lowest BCUT2D eigenvalue weighted by Crippen LogP contribution is -2.54. The van der Waals surface area contributed by atoms with Crippen molar-refractivity contribution < 1.29 is 9.53 Å². The molecule has 1 unspecified atom stereocenters. The molecule has 0 saturated carbocycles. The summed E-state index contributed by atoms with van der Waals surface area (Å²) < 4.78 is 7.38. The number of carbonyl (C=O) groups excluding carboxylic acids is 1. The average Bonchev–Trinajstić information content (AvgIpc) is 2.91. The molecule has 0 bridgehead atoms. The molecule has 3 rings (SSSR count). The molecule has 0 radical (unpaired) electrons. The number of benzene rings is 1. The van der Waals surface area contributed by atoms with Crippen LogP contribution in [0.5, 0.6) is 5.75 Å². The Balaban J connectivity index is 1.61. The van der Waals surface area contributed by atoms with Crippen LogP contribution in [0.4, 0.5) is 5.69 Å². The summed E-state index contributed by atoms with van der Waals surface area (Å²) in [6.45, 7) is 8.58. The van der Waals surface area contributed by atoms with Crippen LogP contribution in [0.2, 0.25) is 0 Å². The van der Waals surface area contributed by atoms with Crippen molar-refractivity contribution in [3.05, 3.63) is 41.2 Å². The van der Waals surface area contributed by atoms with Gasteiger partial charge in [-0.1, -0.05) is 12.1 Å². The summed E-state index contributed by atoms with van der Waals surface area (Å²) >= 11 is 0. The molecule has 0 N–H and O–H groups in total. The third kappa shape index (κ3) is 3.94. The Morgan fingerprint density at radius 2 is 2.00 bits per heavy atom. The van der Waals surface area contributed by atoms with Gasteiger partial charge in [-0.25, -0.2) is 0 Å². The van der Waals surface area contributed by atoms with Crippen molar-refractivity contribution >= 4 is 11.6 Å². The fraction of sp³-hybridized carbons (Fsp3) is 0.524. The molecule has 2 heterocycles. The highest BCUT2D eigenvalue weighted by atomic mass is 16.5. The maximum atomic E-state index is 12.8. The van der Waals surface area contributed by atoms with Crippen LogP contribution in [0.1, 0.15) is 30.3 Å². The minimum absolute atomic E-state index is 0.173. The molecule has 146 valence electrons. The number of anilines is 1. The normalized spacial score (nSPS) is 17.3. The molecule has 1 aliphatic heterocycles. The molecule has 2 aromatic rings. The van der Waals surface area contributed by atoms with Crippen molar-refractivity contribution in [1.29, 1.82) is 0 Å². The van der Waals surface area contributed by atoms with E-state index in [1.807, 2.05) is 41.8 Å². The lowest BCUT2D eigenvalue weighted by molar-refractivity contribution is -0.133. The number of carbonyl (C=O) groups is 1. The second-order valence-corrected chi connectivity index (χ2v) is 7.33.